The van der Waals surface area contributed by atoms with E-state index in [4.69, 9.17) is 9.47 Å². The zero-order valence-electron chi connectivity index (χ0n) is 15.2. The van der Waals surface area contributed by atoms with Crippen molar-refractivity contribution in [1.29, 1.82) is 0 Å². The third-order valence-electron chi connectivity index (χ3n) is 5.17. The Kier molecular flexibility index (Phi) is 5.81. The highest BCUT2D eigenvalue weighted by Crippen LogP contribution is 2.38. The molecule has 2 unspecified atom stereocenters. The van der Waals surface area contributed by atoms with Crippen LogP contribution in [-0.2, 0) is 4.74 Å². The van der Waals surface area contributed by atoms with Gasteiger partial charge in [-0.05, 0) is 37.5 Å². The van der Waals surface area contributed by atoms with Crippen LogP contribution in [0.5, 0.6) is 5.75 Å². The zero-order valence-corrected chi connectivity index (χ0v) is 15.2. The van der Waals surface area contributed by atoms with Gasteiger partial charge in [0.25, 0.3) is 0 Å². The Balaban J connectivity index is 1.63. The molecule has 25 heavy (non-hydrogen) atoms. The monoisotopic (exact) mass is 347 g/mol. The van der Waals surface area contributed by atoms with E-state index in [9.17, 15) is 5.11 Å². The lowest BCUT2D eigenvalue weighted by Gasteiger charge is -2.25. The molecule has 0 amide bonds. The van der Waals surface area contributed by atoms with E-state index in [-0.39, 0.29) is 0 Å². The minimum absolute atomic E-state index is 0.296. The maximum Gasteiger partial charge on any atom is 0.194 e. The molecule has 2 fully saturated rings. The molecule has 1 aromatic rings. The third kappa shape index (κ3) is 4.25. The van der Waals surface area contributed by atoms with Gasteiger partial charge in [-0.15, -0.1) is 0 Å². The number of ether oxygens (including phenoxy) is 2. The van der Waals surface area contributed by atoms with Crippen LogP contribution in [-0.4, -0.2) is 62.5 Å². The minimum atomic E-state index is -0.620. The number of guanidine groups is 1. The molecule has 2 saturated heterocycles. The van der Waals surface area contributed by atoms with Gasteiger partial charge in [0.05, 0.1) is 26.4 Å². The van der Waals surface area contributed by atoms with Crippen LogP contribution in [0.15, 0.2) is 29.3 Å². The number of aliphatic imine (C=N–C) groups is 1. The number of benzene rings is 1. The van der Waals surface area contributed by atoms with Crippen LogP contribution in [0.25, 0.3) is 0 Å². The van der Waals surface area contributed by atoms with E-state index in [1.807, 2.05) is 24.3 Å². The van der Waals surface area contributed by atoms with Crippen molar-refractivity contribution in [2.45, 2.75) is 25.9 Å². The fourth-order valence-corrected chi connectivity index (χ4v) is 3.62. The largest absolute Gasteiger partial charge is 0.497 e. The van der Waals surface area contributed by atoms with Crippen LogP contribution in [0, 0.1) is 5.41 Å². The summed E-state index contributed by atoms with van der Waals surface area (Å²) < 4.78 is 10.8. The van der Waals surface area contributed by atoms with Crippen molar-refractivity contribution >= 4 is 5.96 Å². The number of likely N-dealkylation sites (tertiary alicyclic amines) is 1. The van der Waals surface area contributed by atoms with Gasteiger partial charge in [-0.1, -0.05) is 12.1 Å². The number of aliphatic hydroxyl groups excluding tert-OH is 1. The molecular formula is C19H29N3O3. The lowest BCUT2D eigenvalue weighted by Crippen LogP contribution is -2.41. The topological polar surface area (TPSA) is 66.3 Å². The second-order valence-electron chi connectivity index (χ2n) is 6.96. The first-order valence-corrected chi connectivity index (χ1v) is 9.09. The number of hydrogen-bond acceptors (Lipinski definition) is 4. The fraction of sp³-hybridized carbons (Fsp3) is 0.632. The second kappa shape index (κ2) is 8.06. The maximum atomic E-state index is 10.4. The van der Waals surface area contributed by atoms with Gasteiger partial charge in [0.1, 0.15) is 5.75 Å². The lowest BCUT2D eigenvalue weighted by molar-refractivity contribution is 0.156. The van der Waals surface area contributed by atoms with Crippen molar-refractivity contribution in [1.82, 2.24) is 10.2 Å². The molecule has 0 radical (unpaired) electrons. The maximum absolute atomic E-state index is 10.4. The molecule has 1 aromatic carbocycles. The van der Waals surface area contributed by atoms with E-state index in [1.165, 1.54) is 0 Å². The molecule has 2 N–H and O–H groups in total. The highest BCUT2D eigenvalue weighted by Gasteiger charge is 2.42. The van der Waals surface area contributed by atoms with E-state index in [0.717, 1.165) is 63.0 Å². The summed E-state index contributed by atoms with van der Waals surface area (Å²) in [4.78, 5) is 6.98. The predicted molar refractivity (Wildman–Crippen MR) is 98.0 cm³/mol. The number of hydrogen-bond donors (Lipinski definition) is 2. The molecule has 0 saturated carbocycles. The van der Waals surface area contributed by atoms with Gasteiger partial charge >= 0.3 is 0 Å². The Morgan fingerprint density at radius 1 is 1.40 bits per heavy atom. The average Bonchev–Trinajstić information content (AvgIpc) is 3.28. The van der Waals surface area contributed by atoms with Crippen LogP contribution in [0.4, 0.5) is 0 Å². The van der Waals surface area contributed by atoms with Gasteiger partial charge in [-0.3, -0.25) is 4.99 Å². The molecular weight excluding hydrogens is 318 g/mol. The van der Waals surface area contributed by atoms with E-state index >= 15 is 0 Å². The molecule has 3 rings (SSSR count). The molecule has 6 nitrogen and oxygen atoms in total. The Morgan fingerprint density at radius 2 is 2.20 bits per heavy atom. The normalized spacial score (nSPS) is 24.8. The summed E-state index contributed by atoms with van der Waals surface area (Å²) in [6.45, 7) is 6.94. The average molecular weight is 347 g/mol. The first kappa shape index (κ1) is 18.0. The SMILES string of the molecule is CCNC(=NCC(O)c1ccc(OC)cc1)N1CCC2(CCOC2)C1. The van der Waals surface area contributed by atoms with Crippen molar-refractivity contribution < 1.29 is 14.6 Å². The highest BCUT2D eigenvalue weighted by atomic mass is 16.5. The van der Waals surface area contributed by atoms with Crippen LogP contribution in [0.2, 0.25) is 0 Å². The summed E-state index contributed by atoms with van der Waals surface area (Å²) in [5.41, 5.74) is 1.15. The van der Waals surface area contributed by atoms with E-state index in [2.05, 4.69) is 22.1 Å². The molecule has 2 atom stereocenters. The number of aliphatic hydroxyl groups is 1. The summed E-state index contributed by atoms with van der Waals surface area (Å²) in [5, 5.41) is 13.8. The molecule has 0 bridgehead atoms. The first-order chi connectivity index (χ1) is 12.2. The van der Waals surface area contributed by atoms with Gasteiger partial charge in [-0.25, -0.2) is 0 Å². The molecule has 2 heterocycles. The second-order valence-corrected chi connectivity index (χ2v) is 6.96. The van der Waals surface area contributed by atoms with Crippen molar-refractivity contribution in [3.63, 3.8) is 0 Å². The smallest absolute Gasteiger partial charge is 0.194 e. The van der Waals surface area contributed by atoms with Crippen molar-refractivity contribution in [3.8, 4) is 5.75 Å². The molecule has 0 aliphatic carbocycles. The summed E-state index contributed by atoms with van der Waals surface area (Å²) in [5.74, 6) is 1.67. The van der Waals surface area contributed by atoms with Crippen molar-refractivity contribution in [3.05, 3.63) is 29.8 Å². The Morgan fingerprint density at radius 3 is 2.84 bits per heavy atom. The number of nitrogens with one attached hydrogen (secondary N) is 1. The van der Waals surface area contributed by atoms with E-state index in [1.54, 1.807) is 7.11 Å². The third-order valence-corrected chi connectivity index (χ3v) is 5.17. The Labute approximate surface area is 149 Å². The number of rotatable bonds is 5. The molecule has 2 aliphatic rings. The number of methoxy groups -OCH3 is 1. The molecule has 138 valence electrons. The quantitative estimate of drug-likeness (QED) is 0.628. The van der Waals surface area contributed by atoms with E-state index < -0.39 is 6.10 Å². The molecule has 1 spiro atoms. The zero-order chi connectivity index (χ0) is 17.7. The van der Waals surface area contributed by atoms with Crippen LogP contribution in [0.1, 0.15) is 31.4 Å². The van der Waals surface area contributed by atoms with E-state index in [0.29, 0.717) is 12.0 Å². The van der Waals surface area contributed by atoms with Gasteiger partial charge < -0.3 is 24.8 Å². The Hall–Kier alpha value is -1.79. The minimum Gasteiger partial charge on any atom is -0.497 e. The van der Waals surface area contributed by atoms with Crippen molar-refractivity contribution in [2.24, 2.45) is 10.4 Å². The van der Waals surface area contributed by atoms with Gasteiger partial charge in [0, 0.05) is 31.7 Å². The summed E-state index contributed by atoms with van der Waals surface area (Å²) in [6.07, 6.45) is 1.67. The van der Waals surface area contributed by atoms with Gasteiger partial charge in [0.15, 0.2) is 5.96 Å². The van der Waals surface area contributed by atoms with Crippen LogP contribution >= 0.6 is 0 Å². The summed E-state index contributed by atoms with van der Waals surface area (Å²) in [6, 6.07) is 7.48. The summed E-state index contributed by atoms with van der Waals surface area (Å²) >= 11 is 0. The summed E-state index contributed by atoms with van der Waals surface area (Å²) in [7, 11) is 1.64. The molecule has 6 heteroatoms. The van der Waals surface area contributed by atoms with Crippen LogP contribution < -0.4 is 10.1 Å². The Bertz CT molecular complexity index is 582. The standard InChI is InChI=1S/C19H29N3O3/c1-3-20-18(22-10-8-19(13-22)9-11-25-14-19)21-12-17(23)15-4-6-16(24-2)7-5-15/h4-7,17,23H,3,8-14H2,1-2H3,(H,20,21). The first-order valence-electron chi connectivity index (χ1n) is 9.09. The highest BCUT2D eigenvalue weighted by molar-refractivity contribution is 5.80. The lowest BCUT2D eigenvalue weighted by atomic mass is 9.87. The number of nitrogens with zero attached hydrogens (tertiary/aromatic N) is 2. The van der Waals surface area contributed by atoms with Gasteiger partial charge in [-0.2, -0.15) is 0 Å². The van der Waals surface area contributed by atoms with Crippen molar-refractivity contribution in [2.75, 3.05) is 46.5 Å². The van der Waals surface area contributed by atoms with Crippen LogP contribution in [0.3, 0.4) is 0 Å². The fourth-order valence-electron chi connectivity index (χ4n) is 3.62. The predicted octanol–water partition coefficient (Wildman–Crippen LogP) is 1.81. The van der Waals surface area contributed by atoms with Gasteiger partial charge in [0.2, 0.25) is 0 Å². The molecule has 2 aliphatic heterocycles. The molecule has 0 aromatic heterocycles.